The molecule has 1 N–H and O–H groups in total. The topological polar surface area (TPSA) is 41.5 Å². The van der Waals surface area contributed by atoms with Gasteiger partial charge in [-0.1, -0.05) is 50.1 Å². The molecule has 100 valence electrons. The van der Waals surface area contributed by atoms with Crippen molar-refractivity contribution in [3.8, 4) is 0 Å². The maximum Gasteiger partial charge on any atom is 0.244 e. The molecule has 0 radical (unpaired) electrons. The monoisotopic (exact) mass is 256 g/mol. The molecule has 0 aliphatic heterocycles. The average Bonchev–Trinajstić information content (AvgIpc) is 3.05. The number of carbonyl (C=O) groups excluding carboxylic acids is 1. The van der Waals surface area contributed by atoms with Gasteiger partial charge in [0.1, 0.15) is 0 Å². The molecule has 2 aliphatic carbocycles. The molecule has 0 unspecified atom stereocenters. The van der Waals surface area contributed by atoms with Crippen LogP contribution in [0.1, 0.15) is 38.2 Å². The van der Waals surface area contributed by atoms with Gasteiger partial charge in [-0.15, -0.1) is 0 Å². The van der Waals surface area contributed by atoms with Crippen molar-refractivity contribution in [1.29, 1.82) is 0 Å². The second-order valence-corrected chi connectivity index (χ2v) is 5.98. The molecule has 2 fully saturated rings. The maximum atomic E-state index is 12.1. The van der Waals surface area contributed by atoms with Gasteiger partial charge in [-0.2, -0.15) is 5.10 Å². The van der Waals surface area contributed by atoms with E-state index in [1.807, 2.05) is 30.3 Å². The highest BCUT2D eigenvalue weighted by Crippen LogP contribution is 2.66. The van der Waals surface area contributed by atoms with E-state index in [9.17, 15) is 4.79 Å². The van der Waals surface area contributed by atoms with Crippen molar-refractivity contribution in [3.05, 3.63) is 35.9 Å². The van der Waals surface area contributed by atoms with Gasteiger partial charge in [0.2, 0.25) is 5.91 Å². The second-order valence-electron chi connectivity index (χ2n) is 5.98. The number of rotatable bonds is 3. The fraction of sp³-hybridized carbons (Fsp3) is 0.500. The normalized spacial score (nSPS) is 32.9. The van der Waals surface area contributed by atoms with Gasteiger partial charge < -0.3 is 0 Å². The Kier molecular flexibility index (Phi) is 3.13. The molecule has 0 heterocycles. The lowest BCUT2D eigenvalue weighted by Crippen LogP contribution is -2.22. The molecule has 1 aromatic carbocycles. The fourth-order valence-electron chi connectivity index (χ4n) is 3.63. The minimum Gasteiger partial charge on any atom is -0.273 e. The van der Waals surface area contributed by atoms with Gasteiger partial charge in [0.25, 0.3) is 0 Å². The second kappa shape index (κ2) is 4.80. The average molecular weight is 256 g/mol. The standard InChI is InChI=1S/C16H20N2O/c1-16-10-6-5-9-13(16)14(16)15(19)18-17-11-12-7-3-2-4-8-12/h2-4,7-8,11,13-14H,5-6,9-10H2,1H3,(H,18,19)/b17-11-/t13-,14-,16-/m0/s1. The van der Waals surface area contributed by atoms with Crippen molar-refractivity contribution in [3.63, 3.8) is 0 Å². The van der Waals surface area contributed by atoms with Crippen LogP contribution in [0.25, 0.3) is 0 Å². The zero-order chi connectivity index (χ0) is 13.3. The van der Waals surface area contributed by atoms with Gasteiger partial charge in [-0.05, 0) is 29.7 Å². The summed E-state index contributed by atoms with van der Waals surface area (Å²) in [7, 11) is 0. The minimum atomic E-state index is 0.0987. The van der Waals surface area contributed by atoms with E-state index in [2.05, 4.69) is 17.5 Å². The molecular weight excluding hydrogens is 236 g/mol. The minimum absolute atomic E-state index is 0.0987. The summed E-state index contributed by atoms with van der Waals surface area (Å²) in [5.41, 5.74) is 3.96. The maximum absolute atomic E-state index is 12.1. The van der Waals surface area contributed by atoms with Crippen molar-refractivity contribution in [2.75, 3.05) is 0 Å². The van der Waals surface area contributed by atoms with Crippen LogP contribution >= 0.6 is 0 Å². The summed E-state index contributed by atoms with van der Waals surface area (Å²) >= 11 is 0. The first-order chi connectivity index (χ1) is 9.22. The van der Waals surface area contributed by atoms with Gasteiger partial charge in [0.05, 0.1) is 6.21 Å². The molecule has 3 rings (SSSR count). The van der Waals surface area contributed by atoms with Crippen LogP contribution in [-0.2, 0) is 4.79 Å². The summed E-state index contributed by atoms with van der Waals surface area (Å²) in [6.45, 7) is 2.25. The Morgan fingerprint density at radius 3 is 2.84 bits per heavy atom. The number of hydrogen-bond acceptors (Lipinski definition) is 2. The van der Waals surface area contributed by atoms with Crippen LogP contribution in [0.5, 0.6) is 0 Å². The molecule has 0 aromatic heterocycles. The third-order valence-corrected chi connectivity index (χ3v) is 4.80. The molecule has 19 heavy (non-hydrogen) atoms. The van der Waals surface area contributed by atoms with Crippen LogP contribution in [0.4, 0.5) is 0 Å². The van der Waals surface area contributed by atoms with Crippen molar-refractivity contribution < 1.29 is 4.79 Å². The molecule has 0 bridgehead atoms. The number of benzene rings is 1. The first-order valence-corrected chi connectivity index (χ1v) is 7.10. The number of nitrogens with zero attached hydrogens (tertiary/aromatic N) is 1. The predicted octanol–water partition coefficient (Wildman–Crippen LogP) is 2.96. The number of hydrazone groups is 1. The van der Waals surface area contributed by atoms with E-state index in [-0.39, 0.29) is 17.2 Å². The van der Waals surface area contributed by atoms with Crippen LogP contribution < -0.4 is 5.43 Å². The van der Waals surface area contributed by atoms with Gasteiger partial charge >= 0.3 is 0 Å². The van der Waals surface area contributed by atoms with E-state index >= 15 is 0 Å². The number of carbonyl (C=O) groups is 1. The molecule has 0 saturated heterocycles. The van der Waals surface area contributed by atoms with E-state index in [1.54, 1.807) is 6.21 Å². The Bertz CT molecular complexity index is 497. The Morgan fingerprint density at radius 2 is 2.16 bits per heavy atom. The Balaban J connectivity index is 1.57. The highest BCUT2D eigenvalue weighted by molar-refractivity contribution is 5.85. The molecule has 0 spiro atoms. The zero-order valence-corrected chi connectivity index (χ0v) is 11.3. The Morgan fingerprint density at radius 1 is 1.37 bits per heavy atom. The van der Waals surface area contributed by atoms with Crippen molar-refractivity contribution in [2.45, 2.75) is 32.6 Å². The van der Waals surface area contributed by atoms with Crippen molar-refractivity contribution in [1.82, 2.24) is 5.43 Å². The molecule has 1 aromatic rings. The third-order valence-electron chi connectivity index (χ3n) is 4.80. The van der Waals surface area contributed by atoms with Crippen molar-refractivity contribution in [2.24, 2.45) is 22.4 Å². The lowest BCUT2D eigenvalue weighted by Gasteiger charge is -2.15. The van der Waals surface area contributed by atoms with Gasteiger partial charge in [-0.3, -0.25) is 4.79 Å². The lowest BCUT2D eigenvalue weighted by atomic mass is 9.90. The summed E-state index contributed by atoms with van der Waals surface area (Å²) in [5.74, 6) is 0.873. The highest BCUT2D eigenvalue weighted by Gasteiger charge is 2.64. The molecule has 3 atom stereocenters. The molecule has 3 nitrogen and oxygen atoms in total. The van der Waals surface area contributed by atoms with Crippen LogP contribution in [0.15, 0.2) is 35.4 Å². The van der Waals surface area contributed by atoms with Crippen LogP contribution in [-0.4, -0.2) is 12.1 Å². The summed E-state index contributed by atoms with van der Waals surface area (Å²) in [5, 5.41) is 4.07. The summed E-state index contributed by atoms with van der Waals surface area (Å²) in [6, 6.07) is 9.81. The largest absolute Gasteiger partial charge is 0.273 e. The fourth-order valence-corrected chi connectivity index (χ4v) is 3.63. The third kappa shape index (κ3) is 2.29. The zero-order valence-electron chi connectivity index (χ0n) is 11.3. The van der Waals surface area contributed by atoms with E-state index in [4.69, 9.17) is 0 Å². The van der Waals surface area contributed by atoms with Gasteiger partial charge in [0, 0.05) is 5.92 Å². The van der Waals surface area contributed by atoms with E-state index < -0.39 is 0 Å². The predicted molar refractivity (Wildman–Crippen MR) is 75.7 cm³/mol. The summed E-state index contributed by atoms with van der Waals surface area (Å²) in [6.07, 6.45) is 6.64. The van der Waals surface area contributed by atoms with E-state index in [0.29, 0.717) is 5.92 Å². The molecule has 1 amide bonds. The van der Waals surface area contributed by atoms with Gasteiger partial charge in [0.15, 0.2) is 0 Å². The van der Waals surface area contributed by atoms with Crippen LogP contribution in [0.2, 0.25) is 0 Å². The lowest BCUT2D eigenvalue weighted by molar-refractivity contribution is -0.123. The number of fused-ring (bicyclic) bond motifs is 1. The molecule has 2 aliphatic rings. The van der Waals surface area contributed by atoms with Crippen LogP contribution in [0, 0.1) is 17.3 Å². The van der Waals surface area contributed by atoms with E-state index in [0.717, 1.165) is 5.56 Å². The quantitative estimate of drug-likeness (QED) is 0.655. The summed E-state index contributed by atoms with van der Waals surface area (Å²) < 4.78 is 0. The van der Waals surface area contributed by atoms with E-state index in [1.165, 1.54) is 25.7 Å². The van der Waals surface area contributed by atoms with Crippen LogP contribution in [0.3, 0.4) is 0 Å². The highest BCUT2D eigenvalue weighted by atomic mass is 16.2. The SMILES string of the molecule is C[C@]12CCCC[C@H]1[C@H]2C(=O)N/N=C\c1ccccc1. The van der Waals surface area contributed by atoms with Gasteiger partial charge in [-0.25, -0.2) is 5.43 Å². The number of hydrogen-bond donors (Lipinski definition) is 1. The summed E-state index contributed by atoms with van der Waals surface area (Å²) in [4.78, 5) is 12.1. The number of amides is 1. The molecule has 3 heteroatoms. The first-order valence-electron chi connectivity index (χ1n) is 7.10. The Labute approximate surface area is 114 Å². The number of nitrogens with one attached hydrogen (secondary N) is 1. The molecular formula is C16H20N2O. The van der Waals surface area contributed by atoms with Crippen molar-refractivity contribution >= 4 is 12.1 Å². The Hall–Kier alpha value is -1.64. The smallest absolute Gasteiger partial charge is 0.244 e. The first kappa shape index (κ1) is 12.4. The molecule has 2 saturated carbocycles.